The Morgan fingerprint density at radius 2 is 2.21 bits per heavy atom. The van der Waals surface area contributed by atoms with Crippen LogP contribution in [0.3, 0.4) is 0 Å². The first-order valence-electron chi connectivity index (χ1n) is 4.61. The minimum Gasteiger partial charge on any atom is -0.351 e. The van der Waals surface area contributed by atoms with Crippen LogP contribution in [0.25, 0.3) is 0 Å². The second kappa shape index (κ2) is 3.49. The average Bonchev–Trinajstić information content (AvgIpc) is 2.10. The summed E-state index contributed by atoms with van der Waals surface area (Å²) in [4.78, 5) is 9.64. The van der Waals surface area contributed by atoms with E-state index >= 15 is 0 Å². The summed E-state index contributed by atoms with van der Waals surface area (Å²) in [6.45, 7) is 3.27. The van der Waals surface area contributed by atoms with Crippen LogP contribution in [0.4, 0.5) is 10.2 Å². The van der Waals surface area contributed by atoms with E-state index < -0.39 is 0 Å². The largest absolute Gasteiger partial charge is 0.351 e. The van der Waals surface area contributed by atoms with E-state index in [-0.39, 0.29) is 5.82 Å². The van der Waals surface area contributed by atoms with Gasteiger partial charge in [-0.25, -0.2) is 14.4 Å². The second-order valence-electron chi connectivity index (χ2n) is 3.49. The quantitative estimate of drug-likeness (QED) is 0.740. The molecule has 14 heavy (non-hydrogen) atoms. The molecule has 1 fully saturated rings. The third-order valence-electron chi connectivity index (χ3n) is 2.53. The van der Waals surface area contributed by atoms with Crippen molar-refractivity contribution in [2.24, 2.45) is 0 Å². The lowest BCUT2D eigenvalue weighted by Gasteiger charge is -2.39. The lowest BCUT2D eigenvalue weighted by molar-refractivity contribution is 0.437. The molecule has 0 bridgehead atoms. The smallest absolute Gasteiger partial charge is 0.186 e. The van der Waals surface area contributed by atoms with Crippen LogP contribution in [-0.2, 0) is 0 Å². The van der Waals surface area contributed by atoms with Gasteiger partial charge in [-0.1, -0.05) is 0 Å². The molecule has 0 spiro atoms. The highest BCUT2D eigenvalue weighted by Gasteiger charge is 2.28. The molecule has 2 heterocycles. The predicted octanol–water partition coefficient (Wildman–Crippen LogP) is 0.332. The van der Waals surface area contributed by atoms with E-state index in [9.17, 15) is 4.39 Å². The minimum absolute atomic E-state index is 0.304. The van der Waals surface area contributed by atoms with Crippen molar-refractivity contribution < 1.29 is 4.39 Å². The zero-order chi connectivity index (χ0) is 10.1. The summed E-state index contributed by atoms with van der Waals surface area (Å²) in [6, 6.07) is 0.449. The van der Waals surface area contributed by atoms with Crippen molar-refractivity contribution in [1.82, 2.24) is 15.3 Å². The van der Waals surface area contributed by atoms with Gasteiger partial charge in [-0.15, -0.1) is 0 Å². The minimum atomic E-state index is -0.304. The van der Waals surface area contributed by atoms with Gasteiger partial charge in [0.15, 0.2) is 11.6 Å². The summed E-state index contributed by atoms with van der Waals surface area (Å²) < 4.78 is 13.5. The first-order chi connectivity index (χ1) is 6.72. The number of hydrogen-bond donors (Lipinski definition) is 1. The number of aryl methyl sites for hydroxylation is 1. The van der Waals surface area contributed by atoms with E-state index in [1.54, 1.807) is 6.92 Å². The maximum atomic E-state index is 13.5. The second-order valence-corrected chi connectivity index (χ2v) is 3.49. The molecule has 1 aromatic heterocycles. The molecule has 5 heteroatoms. The molecule has 1 aliphatic heterocycles. The van der Waals surface area contributed by atoms with Gasteiger partial charge in [-0.2, -0.15) is 0 Å². The van der Waals surface area contributed by atoms with Crippen molar-refractivity contribution >= 4 is 5.82 Å². The third kappa shape index (κ3) is 1.43. The molecule has 76 valence electrons. The topological polar surface area (TPSA) is 41.0 Å². The van der Waals surface area contributed by atoms with E-state index in [1.807, 2.05) is 11.9 Å². The van der Waals surface area contributed by atoms with Crippen molar-refractivity contribution in [2.45, 2.75) is 13.0 Å². The number of nitrogens with zero attached hydrogens (tertiary/aromatic N) is 3. The molecule has 1 aliphatic rings. The fourth-order valence-electron chi connectivity index (χ4n) is 1.50. The van der Waals surface area contributed by atoms with Crippen LogP contribution in [-0.4, -0.2) is 36.1 Å². The molecule has 0 radical (unpaired) electrons. The van der Waals surface area contributed by atoms with Gasteiger partial charge in [-0.05, 0) is 14.0 Å². The van der Waals surface area contributed by atoms with Crippen LogP contribution in [0, 0.1) is 12.7 Å². The summed E-state index contributed by atoms with van der Waals surface area (Å²) in [5.74, 6) is 0.117. The van der Waals surface area contributed by atoms with Gasteiger partial charge in [0, 0.05) is 19.1 Å². The van der Waals surface area contributed by atoms with Gasteiger partial charge in [0.05, 0.1) is 5.69 Å². The maximum Gasteiger partial charge on any atom is 0.186 e. The Labute approximate surface area is 82.2 Å². The van der Waals surface area contributed by atoms with E-state index in [0.29, 0.717) is 17.6 Å². The van der Waals surface area contributed by atoms with Gasteiger partial charge in [-0.3, -0.25) is 0 Å². The lowest BCUT2D eigenvalue weighted by Crippen LogP contribution is -2.57. The molecule has 4 nitrogen and oxygen atoms in total. The molecule has 0 unspecified atom stereocenters. The maximum absolute atomic E-state index is 13.5. The summed E-state index contributed by atoms with van der Waals surface area (Å²) in [5, 5.41) is 3.13. The first kappa shape index (κ1) is 9.33. The van der Waals surface area contributed by atoms with Crippen molar-refractivity contribution in [3.8, 4) is 0 Å². The van der Waals surface area contributed by atoms with Crippen LogP contribution in [0.1, 0.15) is 5.69 Å². The van der Waals surface area contributed by atoms with Crippen molar-refractivity contribution in [3.05, 3.63) is 17.8 Å². The number of aromatic nitrogens is 2. The summed E-state index contributed by atoms with van der Waals surface area (Å²) in [7, 11) is 1.91. The normalized spacial score (nSPS) is 16.9. The number of halogens is 1. The predicted molar refractivity (Wildman–Crippen MR) is 51.8 cm³/mol. The standard InChI is InChI=1S/C9H13FN4/c1-6-8(10)9(13-5-12-6)14-3-7(4-14)11-2/h5,7,11H,3-4H2,1-2H3. The zero-order valence-corrected chi connectivity index (χ0v) is 8.29. The van der Waals surface area contributed by atoms with Gasteiger partial charge in [0.1, 0.15) is 6.33 Å². The van der Waals surface area contributed by atoms with E-state index in [2.05, 4.69) is 15.3 Å². The van der Waals surface area contributed by atoms with E-state index in [0.717, 1.165) is 13.1 Å². The highest BCUT2D eigenvalue weighted by molar-refractivity contribution is 5.44. The third-order valence-corrected chi connectivity index (χ3v) is 2.53. The molecule has 2 rings (SSSR count). The molecular formula is C9H13FN4. The molecule has 1 aromatic rings. The fraction of sp³-hybridized carbons (Fsp3) is 0.556. The Balaban J connectivity index is 2.14. The molecule has 0 aromatic carbocycles. The van der Waals surface area contributed by atoms with Gasteiger partial charge < -0.3 is 10.2 Å². The summed E-state index contributed by atoms with van der Waals surface area (Å²) in [5.41, 5.74) is 0.405. The molecule has 1 N–H and O–H groups in total. The number of rotatable bonds is 2. The van der Waals surface area contributed by atoms with Gasteiger partial charge >= 0.3 is 0 Å². The van der Waals surface area contributed by atoms with Crippen LogP contribution in [0.15, 0.2) is 6.33 Å². The van der Waals surface area contributed by atoms with Gasteiger partial charge in [0.25, 0.3) is 0 Å². The van der Waals surface area contributed by atoms with Crippen LogP contribution >= 0.6 is 0 Å². The SMILES string of the molecule is CNC1CN(c2ncnc(C)c2F)C1. The van der Waals surface area contributed by atoms with Crippen LogP contribution in [0.2, 0.25) is 0 Å². The number of hydrogen-bond acceptors (Lipinski definition) is 4. The number of anilines is 1. The molecule has 0 atom stereocenters. The number of likely N-dealkylation sites (N-methyl/N-ethyl adjacent to an activating group) is 1. The van der Waals surface area contributed by atoms with Crippen LogP contribution in [0.5, 0.6) is 0 Å². The lowest BCUT2D eigenvalue weighted by atomic mass is 10.1. The Hall–Kier alpha value is -1.23. The molecule has 0 aliphatic carbocycles. The molecule has 1 saturated heterocycles. The van der Waals surface area contributed by atoms with Crippen molar-refractivity contribution in [3.63, 3.8) is 0 Å². The monoisotopic (exact) mass is 196 g/mol. The Kier molecular flexibility index (Phi) is 2.33. The molecular weight excluding hydrogens is 183 g/mol. The molecule has 0 amide bonds. The van der Waals surface area contributed by atoms with E-state index in [4.69, 9.17) is 0 Å². The first-order valence-corrected chi connectivity index (χ1v) is 4.61. The Morgan fingerprint density at radius 1 is 1.50 bits per heavy atom. The Bertz CT molecular complexity index is 336. The Morgan fingerprint density at radius 3 is 2.86 bits per heavy atom. The highest BCUT2D eigenvalue weighted by atomic mass is 19.1. The van der Waals surface area contributed by atoms with E-state index in [1.165, 1.54) is 6.33 Å². The van der Waals surface area contributed by atoms with Crippen LogP contribution < -0.4 is 10.2 Å². The fourth-order valence-corrected chi connectivity index (χ4v) is 1.50. The average molecular weight is 196 g/mol. The highest BCUT2D eigenvalue weighted by Crippen LogP contribution is 2.22. The van der Waals surface area contributed by atoms with Gasteiger partial charge in [0.2, 0.25) is 0 Å². The zero-order valence-electron chi connectivity index (χ0n) is 8.29. The number of nitrogens with one attached hydrogen (secondary N) is 1. The summed E-state index contributed by atoms with van der Waals surface area (Å²) in [6.07, 6.45) is 1.40. The molecule has 0 saturated carbocycles. The summed E-state index contributed by atoms with van der Waals surface area (Å²) >= 11 is 0. The van der Waals surface area contributed by atoms with Crippen molar-refractivity contribution in [2.75, 3.05) is 25.0 Å². The van der Waals surface area contributed by atoms with Crippen molar-refractivity contribution in [1.29, 1.82) is 0 Å².